The fraction of sp³-hybridized carbons (Fsp3) is 0.0741. The summed E-state index contributed by atoms with van der Waals surface area (Å²) >= 11 is 6.16. The Morgan fingerprint density at radius 2 is 1.42 bits per heavy atom. The first-order chi connectivity index (χ1) is 22.9. The van der Waals surface area contributed by atoms with Gasteiger partial charge in [0.25, 0.3) is 30.4 Å². The molecule has 4 aromatic carbocycles. The molecule has 0 atom stereocenters. The smallest absolute Gasteiger partial charge is 0.296 e. The maximum absolute atomic E-state index is 12.4. The van der Waals surface area contributed by atoms with Crippen LogP contribution in [0.15, 0.2) is 91.6 Å². The maximum Gasteiger partial charge on any atom is 0.296 e. The fourth-order valence-electron chi connectivity index (χ4n) is 4.45. The summed E-state index contributed by atoms with van der Waals surface area (Å²) in [6.07, 6.45) is 0. The third-order valence-electron chi connectivity index (χ3n) is 6.69. The Bertz CT molecular complexity index is 2500. The van der Waals surface area contributed by atoms with Gasteiger partial charge < -0.3 is 20.1 Å². The Kier molecular flexibility index (Phi) is 16.0. The number of para-hydroxylation sites is 1. The van der Waals surface area contributed by atoms with Gasteiger partial charge >= 0.3 is 0 Å². The number of nitrogens with zero attached hydrogens (tertiary/aromatic N) is 6. The quantitative estimate of drug-likeness (QED) is 0.0759. The predicted octanol–water partition coefficient (Wildman–Crippen LogP) is 3.92. The molecule has 52 heavy (non-hydrogen) atoms. The van der Waals surface area contributed by atoms with Crippen LogP contribution >= 0.6 is 11.6 Å². The largest absolute Gasteiger partial charge is 0.505 e. The first kappa shape index (κ1) is 46.1. The summed E-state index contributed by atoms with van der Waals surface area (Å²) in [5.41, 5.74) is -1.17. The number of rotatable bonds is 10. The van der Waals surface area contributed by atoms with E-state index in [0.29, 0.717) is 11.8 Å². The molecule has 3 radical (unpaired) electrons. The molecule has 0 aliphatic carbocycles. The van der Waals surface area contributed by atoms with E-state index in [-0.39, 0.29) is 128 Å². The third kappa shape index (κ3) is 10.6. The number of hydrogen-bond acceptors (Lipinski definition) is 15. The van der Waals surface area contributed by atoms with Gasteiger partial charge in [-0.25, -0.2) is 0 Å². The average Bonchev–Trinajstić information content (AvgIpc) is 3.02. The minimum atomic E-state index is -5.26. The van der Waals surface area contributed by atoms with Crippen LogP contribution in [0.5, 0.6) is 11.5 Å². The Morgan fingerprint density at radius 1 is 0.788 bits per heavy atom. The van der Waals surface area contributed by atoms with Crippen molar-refractivity contribution in [1.29, 1.82) is 0 Å². The van der Waals surface area contributed by atoms with Gasteiger partial charge in [-0.2, -0.15) is 40.2 Å². The van der Waals surface area contributed by atoms with Gasteiger partial charge in [0.05, 0.1) is 17.7 Å². The van der Waals surface area contributed by atoms with Crippen molar-refractivity contribution < 1.29 is 48.8 Å². The number of methoxy groups -OCH3 is 1. The van der Waals surface area contributed by atoms with Gasteiger partial charge in [0.15, 0.2) is 5.75 Å². The number of ether oxygens (including phenoxy) is 1. The summed E-state index contributed by atoms with van der Waals surface area (Å²) in [6, 6.07) is 14.4. The van der Waals surface area contributed by atoms with Gasteiger partial charge in [0, 0.05) is 113 Å². The molecule has 0 saturated heterocycles. The molecule has 0 aliphatic rings. The van der Waals surface area contributed by atoms with Crippen molar-refractivity contribution in [2.75, 3.05) is 24.4 Å². The summed E-state index contributed by atoms with van der Waals surface area (Å²) in [4.78, 5) is 11.2. The fourth-order valence-corrected chi connectivity index (χ4v) is 6.44. The van der Waals surface area contributed by atoms with Crippen LogP contribution in [0.4, 0.5) is 34.6 Å². The molecule has 5 aromatic rings. The molecular weight excluding hydrogens is 799 g/mol. The minimum absolute atomic E-state index is 0. The van der Waals surface area contributed by atoms with E-state index in [1.165, 1.54) is 13.2 Å². The molecule has 5 N–H and O–H groups in total. The molecule has 18 nitrogen and oxygen atoms in total. The second kappa shape index (κ2) is 18.1. The van der Waals surface area contributed by atoms with Crippen LogP contribution in [-0.2, 0) is 30.4 Å². The van der Waals surface area contributed by atoms with Gasteiger partial charge in [0.1, 0.15) is 26.9 Å². The van der Waals surface area contributed by atoms with Gasteiger partial charge in [-0.3, -0.25) is 13.7 Å². The standard InChI is InChI=1S/C27H22ClN7O11S3.3Na/c1-35(15-6-4-3-5-7-15)27-31-25(28)30-26(32-27)29-19-13-17(47(37,38)39)10-14-11-21(49(43,44)45)23(24(36)22(14)19)34-33-18-9-8-16(46-2)12-20(18)48(40,41)42;;;/h3-13,36H,1-2H3,(H,37,38,39)(H,40,41,42)(H,43,44,45)(H,29,30,31,32);;;. The van der Waals surface area contributed by atoms with E-state index in [2.05, 4.69) is 30.5 Å². The zero-order valence-electron chi connectivity index (χ0n) is 27.8. The number of fused-ring (bicyclic) bond motifs is 1. The van der Waals surface area contributed by atoms with Crippen molar-refractivity contribution in [3.05, 3.63) is 72.0 Å². The molecule has 1 heterocycles. The van der Waals surface area contributed by atoms with Crippen LogP contribution in [0.25, 0.3) is 10.8 Å². The number of nitrogens with one attached hydrogen (secondary N) is 1. The van der Waals surface area contributed by atoms with E-state index in [0.717, 1.165) is 24.3 Å². The molecule has 25 heteroatoms. The number of azo groups is 1. The van der Waals surface area contributed by atoms with E-state index < -0.39 is 62.2 Å². The van der Waals surface area contributed by atoms with Gasteiger partial charge in [0.2, 0.25) is 17.2 Å². The number of hydrogen-bond donors (Lipinski definition) is 5. The Labute approximate surface area is 368 Å². The van der Waals surface area contributed by atoms with E-state index >= 15 is 0 Å². The SMILES string of the molecule is COc1ccc(N=Nc2c(S(=O)(=O)O)cc3cc(S(=O)(=O)O)cc(Nc4nc(Cl)nc(N(C)c5ccccc5)n4)c3c2O)c(S(=O)(=O)O)c1.[Na].[Na].[Na]. The molecule has 1 aromatic heterocycles. The molecule has 259 valence electrons. The molecule has 0 unspecified atom stereocenters. The summed E-state index contributed by atoms with van der Waals surface area (Å²) in [7, 11) is -12.3. The second-order valence-corrected chi connectivity index (χ2v) is 14.4. The Balaban J connectivity index is 0.00000312. The van der Waals surface area contributed by atoms with Crippen molar-refractivity contribution in [3.63, 3.8) is 0 Å². The summed E-state index contributed by atoms with van der Waals surface area (Å²) in [5.74, 6) is -1.31. The van der Waals surface area contributed by atoms with Gasteiger partial charge in [-0.15, -0.1) is 10.2 Å². The molecule has 0 saturated carbocycles. The van der Waals surface area contributed by atoms with E-state index in [4.69, 9.17) is 16.3 Å². The van der Waals surface area contributed by atoms with Crippen molar-refractivity contribution >= 4 is 176 Å². The van der Waals surface area contributed by atoms with Crippen molar-refractivity contribution in [1.82, 2.24) is 15.0 Å². The van der Waals surface area contributed by atoms with Crippen molar-refractivity contribution in [3.8, 4) is 11.5 Å². The van der Waals surface area contributed by atoms with Crippen LogP contribution < -0.4 is 15.0 Å². The normalized spacial score (nSPS) is 11.7. The monoisotopic (exact) mass is 820 g/mol. The zero-order chi connectivity index (χ0) is 35.9. The number of benzene rings is 4. The molecule has 0 fully saturated rings. The third-order valence-corrected chi connectivity index (χ3v) is 9.44. The molecular formula is C27H22ClN7Na3O11S3. The Hall–Kier alpha value is -2.03. The van der Waals surface area contributed by atoms with E-state index in [1.54, 1.807) is 42.3 Å². The molecule has 0 amide bonds. The molecule has 0 aliphatic heterocycles. The first-order valence-corrected chi connectivity index (χ1v) is 17.9. The average molecular weight is 821 g/mol. The van der Waals surface area contributed by atoms with Gasteiger partial charge in [-0.05, 0) is 59.5 Å². The predicted molar refractivity (Wildman–Crippen MR) is 192 cm³/mol. The summed E-state index contributed by atoms with van der Waals surface area (Å²) in [6.45, 7) is 0. The van der Waals surface area contributed by atoms with Crippen LogP contribution in [0.1, 0.15) is 0 Å². The van der Waals surface area contributed by atoms with E-state index in [1.807, 2.05) is 0 Å². The van der Waals surface area contributed by atoms with Crippen LogP contribution in [0.3, 0.4) is 0 Å². The van der Waals surface area contributed by atoms with Crippen molar-refractivity contribution in [2.24, 2.45) is 10.2 Å². The number of halogens is 1. The Morgan fingerprint density at radius 3 is 2.00 bits per heavy atom. The van der Waals surface area contributed by atoms with Crippen LogP contribution in [-0.4, -0.2) is 162 Å². The topological polar surface area (TPSA) is 271 Å². The van der Waals surface area contributed by atoms with Crippen molar-refractivity contribution in [2.45, 2.75) is 14.7 Å². The molecule has 0 bridgehead atoms. The second-order valence-electron chi connectivity index (χ2n) is 9.85. The van der Waals surface area contributed by atoms with Crippen LogP contribution in [0, 0.1) is 0 Å². The summed E-state index contributed by atoms with van der Waals surface area (Å²) < 4.78 is 108. The number of aromatic hydroxyl groups is 1. The first-order valence-electron chi connectivity index (χ1n) is 13.2. The molecule has 5 rings (SSSR count). The number of aromatic nitrogens is 3. The molecule has 0 spiro atoms. The maximum atomic E-state index is 12.4. The summed E-state index contributed by atoms with van der Waals surface area (Å²) in [5, 5.41) is 20.4. The number of anilines is 4. The number of phenolic OH excluding ortho intramolecular Hbond substituents is 1. The number of phenols is 1. The zero-order valence-corrected chi connectivity index (χ0v) is 37.0. The van der Waals surface area contributed by atoms with Gasteiger partial charge in [-0.1, -0.05) is 18.2 Å². The van der Waals surface area contributed by atoms with Crippen LogP contribution in [0.2, 0.25) is 5.28 Å². The minimum Gasteiger partial charge on any atom is -0.505 e. The van der Waals surface area contributed by atoms with E-state index in [9.17, 15) is 44.0 Å².